The van der Waals surface area contributed by atoms with Crippen LogP contribution >= 0.6 is 0 Å². The molecule has 3 aromatic rings. The highest BCUT2D eigenvalue weighted by Gasteiger charge is 2.23. The van der Waals surface area contributed by atoms with Gasteiger partial charge in [0.2, 0.25) is 0 Å². The molecule has 0 spiro atoms. The summed E-state index contributed by atoms with van der Waals surface area (Å²) in [6.45, 7) is 3.06. The molecule has 0 unspecified atom stereocenters. The minimum Gasteiger partial charge on any atom is -0.494 e. The van der Waals surface area contributed by atoms with Crippen molar-refractivity contribution in [1.82, 2.24) is 4.98 Å². The van der Waals surface area contributed by atoms with Crippen molar-refractivity contribution in [3.8, 4) is 11.5 Å². The third kappa shape index (κ3) is 4.34. The average molecular weight is 391 g/mol. The normalized spacial score (nSPS) is 13.0. The zero-order valence-corrected chi connectivity index (χ0v) is 16.6. The van der Waals surface area contributed by atoms with Crippen LogP contribution in [0.2, 0.25) is 0 Å². The molecule has 0 bridgehead atoms. The van der Waals surface area contributed by atoms with E-state index in [0.29, 0.717) is 18.8 Å². The predicted octanol–water partition coefficient (Wildman–Crippen LogP) is 4.75. The number of carbonyl (C=O) groups excluding carboxylic acids is 1. The highest BCUT2D eigenvalue weighted by molar-refractivity contribution is 6.05. The number of fused-ring (bicyclic) bond motifs is 2. The Kier molecular flexibility index (Phi) is 5.94. The Morgan fingerprint density at radius 1 is 0.931 bits per heavy atom. The van der Waals surface area contributed by atoms with Gasteiger partial charge in [0.15, 0.2) is 0 Å². The Morgan fingerprint density at radius 3 is 2.45 bits per heavy atom. The monoisotopic (exact) mass is 391 g/mol. The van der Waals surface area contributed by atoms with Gasteiger partial charge < -0.3 is 14.2 Å². The van der Waals surface area contributed by atoms with Gasteiger partial charge in [0, 0.05) is 11.1 Å². The highest BCUT2D eigenvalue weighted by atomic mass is 16.6. The van der Waals surface area contributed by atoms with E-state index >= 15 is 0 Å². The molecule has 29 heavy (non-hydrogen) atoms. The van der Waals surface area contributed by atoms with Gasteiger partial charge in [-0.25, -0.2) is 4.79 Å². The Morgan fingerprint density at radius 2 is 1.66 bits per heavy atom. The second kappa shape index (κ2) is 8.95. The van der Waals surface area contributed by atoms with Crippen molar-refractivity contribution in [2.75, 3.05) is 19.8 Å². The first-order chi connectivity index (χ1) is 14.3. The van der Waals surface area contributed by atoms with Crippen LogP contribution in [0, 0.1) is 0 Å². The number of hydrogen-bond acceptors (Lipinski definition) is 5. The first-order valence-corrected chi connectivity index (χ1v) is 10.2. The number of rotatable bonds is 7. The van der Waals surface area contributed by atoms with Gasteiger partial charge in [0.25, 0.3) is 0 Å². The molecule has 4 rings (SSSR count). The summed E-state index contributed by atoms with van der Waals surface area (Å²) in [7, 11) is 0. The summed E-state index contributed by atoms with van der Waals surface area (Å²) < 4.78 is 16.7. The number of aromatic nitrogens is 1. The van der Waals surface area contributed by atoms with Crippen LogP contribution in [0.4, 0.5) is 0 Å². The van der Waals surface area contributed by atoms with Gasteiger partial charge in [-0.05, 0) is 68.5 Å². The molecule has 0 fully saturated rings. The molecule has 0 amide bonds. The molecule has 5 nitrogen and oxygen atoms in total. The lowest BCUT2D eigenvalue weighted by Gasteiger charge is -2.20. The van der Waals surface area contributed by atoms with Gasteiger partial charge >= 0.3 is 5.97 Å². The Balaban J connectivity index is 1.43. The molecule has 1 aromatic heterocycles. The lowest BCUT2D eigenvalue weighted by molar-refractivity contribution is 0.0451. The van der Waals surface area contributed by atoms with Crippen molar-refractivity contribution in [1.29, 1.82) is 0 Å². The molecule has 0 N–H and O–H groups in total. The van der Waals surface area contributed by atoms with Crippen molar-refractivity contribution >= 4 is 16.9 Å². The zero-order chi connectivity index (χ0) is 20.1. The van der Waals surface area contributed by atoms with Crippen molar-refractivity contribution in [2.24, 2.45) is 0 Å². The molecule has 1 aliphatic rings. The van der Waals surface area contributed by atoms with Gasteiger partial charge in [-0.2, -0.15) is 0 Å². The smallest absolute Gasteiger partial charge is 0.339 e. The van der Waals surface area contributed by atoms with Gasteiger partial charge in [-0.1, -0.05) is 18.2 Å². The van der Waals surface area contributed by atoms with E-state index in [9.17, 15) is 4.79 Å². The second-order valence-corrected chi connectivity index (χ2v) is 7.03. The van der Waals surface area contributed by atoms with Crippen LogP contribution in [-0.2, 0) is 17.6 Å². The molecule has 0 atom stereocenters. The quantitative estimate of drug-likeness (QED) is 0.430. The third-order valence-corrected chi connectivity index (χ3v) is 5.09. The number of pyridine rings is 1. The van der Waals surface area contributed by atoms with E-state index in [1.165, 1.54) is 0 Å². The molecule has 5 heteroatoms. The number of nitrogens with zero attached hydrogens (tertiary/aromatic N) is 1. The topological polar surface area (TPSA) is 57.7 Å². The van der Waals surface area contributed by atoms with E-state index in [4.69, 9.17) is 19.2 Å². The summed E-state index contributed by atoms with van der Waals surface area (Å²) in [4.78, 5) is 17.7. The van der Waals surface area contributed by atoms with Crippen LogP contribution in [0.3, 0.4) is 0 Å². The van der Waals surface area contributed by atoms with E-state index in [0.717, 1.165) is 59.3 Å². The predicted molar refractivity (Wildman–Crippen MR) is 112 cm³/mol. The largest absolute Gasteiger partial charge is 0.494 e. The van der Waals surface area contributed by atoms with Crippen LogP contribution < -0.4 is 9.47 Å². The number of benzene rings is 2. The maximum atomic E-state index is 12.9. The van der Waals surface area contributed by atoms with Crippen LogP contribution in [0.25, 0.3) is 10.9 Å². The van der Waals surface area contributed by atoms with Gasteiger partial charge in [-0.15, -0.1) is 0 Å². The third-order valence-electron chi connectivity index (χ3n) is 5.09. The van der Waals surface area contributed by atoms with E-state index < -0.39 is 0 Å². The van der Waals surface area contributed by atoms with E-state index in [-0.39, 0.29) is 12.6 Å². The molecule has 0 aliphatic heterocycles. The van der Waals surface area contributed by atoms with E-state index in [1.54, 1.807) is 0 Å². The number of aryl methyl sites for hydroxylation is 1. The van der Waals surface area contributed by atoms with Crippen molar-refractivity contribution < 1.29 is 19.0 Å². The molecule has 150 valence electrons. The molecule has 0 saturated heterocycles. The first-order valence-electron chi connectivity index (χ1n) is 10.2. The van der Waals surface area contributed by atoms with Crippen LogP contribution in [-0.4, -0.2) is 30.8 Å². The highest BCUT2D eigenvalue weighted by Crippen LogP contribution is 2.29. The number of esters is 1. The summed E-state index contributed by atoms with van der Waals surface area (Å²) in [5.74, 6) is 1.23. The zero-order valence-electron chi connectivity index (χ0n) is 16.6. The molecular weight excluding hydrogens is 366 g/mol. The first kappa shape index (κ1) is 19.2. The maximum Gasteiger partial charge on any atom is 0.339 e. The van der Waals surface area contributed by atoms with Gasteiger partial charge in [0.05, 0.1) is 17.7 Å². The van der Waals surface area contributed by atoms with Crippen LogP contribution in [0.15, 0.2) is 48.5 Å². The molecule has 1 aliphatic carbocycles. The van der Waals surface area contributed by atoms with E-state index in [1.807, 2.05) is 55.5 Å². The lowest BCUT2D eigenvalue weighted by atomic mass is 9.90. The van der Waals surface area contributed by atoms with Gasteiger partial charge in [-0.3, -0.25) is 4.98 Å². The summed E-state index contributed by atoms with van der Waals surface area (Å²) in [5, 5.41) is 0.866. The molecule has 2 aromatic carbocycles. The van der Waals surface area contributed by atoms with Crippen molar-refractivity contribution in [2.45, 2.75) is 32.6 Å². The summed E-state index contributed by atoms with van der Waals surface area (Å²) >= 11 is 0. The van der Waals surface area contributed by atoms with Crippen LogP contribution in [0.1, 0.15) is 41.4 Å². The Bertz CT molecular complexity index is 998. The SMILES string of the molecule is CCOc1ccc(OCCOC(=O)c2c3c(nc4ccccc24)CCCC3)cc1. The number of hydrogen-bond donors (Lipinski definition) is 0. The van der Waals surface area contributed by atoms with Crippen molar-refractivity contribution in [3.05, 3.63) is 65.4 Å². The number of carbonyl (C=O) groups is 1. The lowest BCUT2D eigenvalue weighted by Crippen LogP contribution is -2.18. The average Bonchev–Trinajstić information content (AvgIpc) is 2.76. The standard InChI is InChI=1S/C24H25NO4/c1-2-27-17-11-13-18(14-12-17)28-15-16-29-24(26)23-19-7-3-5-9-21(19)25-22-10-6-4-8-20(22)23/h3,5,7,9,11-14H,2,4,6,8,10,15-16H2,1H3. The fraction of sp³-hybridized carbons (Fsp3) is 0.333. The molecular formula is C24H25NO4. The number of ether oxygens (including phenoxy) is 3. The molecule has 0 saturated carbocycles. The van der Waals surface area contributed by atoms with Gasteiger partial charge in [0.1, 0.15) is 24.7 Å². The summed E-state index contributed by atoms with van der Waals surface area (Å²) in [5.41, 5.74) is 3.61. The minimum absolute atomic E-state index is 0.192. The maximum absolute atomic E-state index is 12.9. The Labute approximate surface area is 170 Å². The Hall–Kier alpha value is -3.08. The summed E-state index contributed by atoms with van der Waals surface area (Å²) in [6, 6.07) is 15.2. The fourth-order valence-corrected chi connectivity index (χ4v) is 3.77. The summed E-state index contributed by atoms with van der Waals surface area (Å²) in [6.07, 6.45) is 3.98. The number of para-hydroxylation sites is 1. The second-order valence-electron chi connectivity index (χ2n) is 7.03. The minimum atomic E-state index is -0.294. The van der Waals surface area contributed by atoms with Crippen LogP contribution in [0.5, 0.6) is 11.5 Å². The van der Waals surface area contributed by atoms with Crippen molar-refractivity contribution in [3.63, 3.8) is 0 Å². The molecule has 1 heterocycles. The van der Waals surface area contributed by atoms with E-state index in [2.05, 4.69) is 0 Å². The molecule has 0 radical (unpaired) electrons. The fourth-order valence-electron chi connectivity index (χ4n) is 3.77.